The summed E-state index contributed by atoms with van der Waals surface area (Å²) in [7, 11) is 0. The molecule has 1 aliphatic heterocycles. The van der Waals surface area contributed by atoms with Crippen molar-refractivity contribution >= 4 is 11.9 Å². The second-order valence-electron chi connectivity index (χ2n) is 6.15. The molecule has 3 rings (SSSR count). The third-order valence-electron chi connectivity index (χ3n) is 4.26. The van der Waals surface area contributed by atoms with Gasteiger partial charge in [-0.3, -0.25) is 14.6 Å². The Balaban J connectivity index is 1.84. The number of aliphatic carboxylic acids is 1. The van der Waals surface area contributed by atoms with Gasteiger partial charge in [0.05, 0.1) is 12.5 Å². The molecule has 130 valence electrons. The standard InChI is InChI=1S/C18H20N4O3/c1-12-11-14(4-5-16(23)24)21-17(20-12)15-3-2-10-22(15)18(25)13-6-8-19-9-7-13/h6-9,11,15H,2-5,10H2,1H3,(H,23,24). The number of amides is 1. The lowest BCUT2D eigenvalue weighted by Gasteiger charge is -2.24. The fourth-order valence-electron chi connectivity index (χ4n) is 3.11. The van der Waals surface area contributed by atoms with Crippen LogP contribution in [-0.4, -0.2) is 43.4 Å². The molecule has 1 N–H and O–H groups in total. The maximum Gasteiger partial charge on any atom is 0.303 e. The molecule has 0 spiro atoms. The Morgan fingerprint density at radius 1 is 1.28 bits per heavy atom. The largest absolute Gasteiger partial charge is 0.481 e. The molecule has 1 aliphatic rings. The van der Waals surface area contributed by atoms with Crippen LogP contribution in [0.4, 0.5) is 0 Å². The van der Waals surface area contributed by atoms with Crippen LogP contribution in [0.1, 0.15) is 52.9 Å². The van der Waals surface area contributed by atoms with Crippen molar-refractivity contribution in [2.24, 2.45) is 0 Å². The molecule has 7 nitrogen and oxygen atoms in total. The van der Waals surface area contributed by atoms with Crippen molar-refractivity contribution in [2.45, 2.75) is 38.6 Å². The molecule has 1 amide bonds. The maximum absolute atomic E-state index is 12.8. The van der Waals surface area contributed by atoms with Crippen LogP contribution in [0.2, 0.25) is 0 Å². The summed E-state index contributed by atoms with van der Waals surface area (Å²) in [4.78, 5) is 38.4. The van der Waals surface area contributed by atoms with Crippen LogP contribution in [-0.2, 0) is 11.2 Å². The first kappa shape index (κ1) is 17.0. The van der Waals surface area contributed by atoms with Crippen molar-refractivity contribution in [1.29, 1.82) is 0 Å². The van der Waals surface area contributed by atoms with E-state index in [2.05, 4.69) is 15.0 Å². The fourth-order valence-corrected chi connectivity index (χ4v) is 3.11. The summed E-state index contributed by atoms with van der Waals surface area (Å²) in [6, 6.07) is 5.03. The SMILES string of the molecule is Cc1cc(CCC(=O)O)nc(C2CCCN2C(=O)c2ccncc2)n1. The van der Waals surface area contributed by atoms with Gasteiger partial charge in [0.15, 0.2) is 5.82 Å². The van der Waals surface area contributed by atoms with Crippen LogP contribution in [0, 0.1) is 6.92 Å². The second kappa shape index (κ2) is 7.38. The molecule has 0 aliphatic carbocycles. The van der Waals surface area contributed by atoms with Crippen molar-refractivity contribution in [3.8, 4) is 0 Å². The molecule has 7 heteroatoms. The number of hydrogen-bond donors (Lipinski definition) is 1. The summed E-state index contributed by atoms with van der Waals surface area (Å²) in [5.74, 6) is -0.310. The normalized spacial score (nSPS) is 16.8. The number of carbonyl (C=O) groups is 2. The van der Waals surface area contributed by atoms with Crippen LogP contribution in [0.15, 0.2) is 30.6 Å². The molecule has 3 heterocycles. The van der Waals surface area contributed by atoms with Crippen molar-refractivity contribution < 1.29 is 14.7 Å². The van der Waals surface area contributed by atoms with Gasteiger partial charge in [-0.2, -0.15) is 0 Å². The molecule has 25 heavy (non-hydrogen) atoms. The number of carboxylic acid groups (broad SMARTS) is 1. The number of hydrogen-bond acceptors (Lipinski definition) is 5. The summed E-state index contributed by atoms with van der Waals surface area (Å²) < 4.78 is 0. The number of rotatable bonds is 5. The lowest BCUT2D eigenvalue weighted by Crippen LogP contribution is -2.31. The van der Waals surface area contributed by atoms with Gasteiger partial charge < -0.3 is 10.0 Å². The molecule has 0 bridgehead atoms. The van der Waals surface area contributed by atoms with Gasteiger partial charge in [-0.25, -0.2) is 9.97 Å². The van der Waals surface area contributed by atoms with Crippen LogP contribution in [0.25, 0.3) is 0 Å². The van der Waals surface area contributed by atoms with Gasteiger partial charge in [0.25, 0.3) is 5.91 Å². The highest BCUT2D eigenvalue weighted by molar-refractivity contribution is 5.94. The number of pyridine rings is 1. The first-order chi connectivity index (χ1) is 12.0. The van der Waals surface area contributed by atoms with E-state index in [-0.39, 0.29) is 18.4 Å². The summed E-state index contributed by atoms with van der Waals surface area (Å²) in [6.07, 6.45) is 5.29. The topological polar surface area (TPSA) is 96.3 Å². The van der Waals surface area contributed by atoms with E-state index in [0.29, 0.717) is 30.0 Å². The zero-order valence-corrected chi connectivity index (χ0v) is 14.1. The van der Waals surface area contributed by atoms with E-state index >= 15 is 0 Å². The Morgan fingerprint density at radius 2 is 2.04 bits per heavy atom. The Bertz CT molecular complexity index is 779. The summed E-state index contributed by atoms with van der Waals surface area (Å²) in [5.41, 5.74) is 2.09. The minimum Gasteiger partial charge on any atom is -0.481 e. The smallest absolute Gasteiger partial charge is 0.303 e. The van der Waals surface area contributed by atoms with Gasteiger partial charge in [0.2, 0.25) is 0 Å². The summed E-state index contributed by atoms with van der Waals surface area (Å²) >= 11 is 0. The lowest BCUT2D eigenvalue weighted by atomic mass is 10.1. The fraction of sp³-hybridized carbons (Fsp3) is 0.389. The molecule has 2 aromatic rings. The molecule has 2 aromatic heterocycles. The molecular weight excluding hydrogens is 320 g/mol. The van der Waals surface area contributed by atoms with E-state index in [1.165, 1.54) is 0 Å². The highest BCUT2D eigenvalue weighted by Crippen LogP contribution is 2.31. The summed E-state index contributed by atoms with van der Waals surface area (Å²) in [5, 5.41) is 8.86. The van der Waals surface area contributed by atoms with E-state index in [4.69, 9.17) is 5.11 Å². The third kappa shape index (κ3) is 3.99. The number of carboxylic acids is 1. The molecule has 0 aromatic carbocycles. The molecule has 1 fully saturated rings. The molecule has 1 saturated heterocycles. The van der Waals surface area contributed by atoms with Gasteiger partial charge in [-0.15, -0.1) is 0 Å². The van der Waals surface area contributed by atoms with Gasteiger partial charge in [0.1, 0.15) is 0 Å². The van der Waals surface area contributed by atoms with E-state index in [1.807, 2.05) is 6.92 Å². The quantitative estimate of drug-likeness (QED) is 0.896. The van der Waals surface area contributed by atoms with Crippen LogP contribution >= 0.6 is 0 Å². The number of aromatic nitrogens is 3. The van der Waals surface area contributed by atoms with Gasteiger partial charge >= 0.3 is 5.97 Å². The molecule has 0 radical (unpaired) electrons. The number of likely N-dealkylation sites (tertiary alicyclic amines) is 1. The first-order valence-corrected chi connectivity index (χ1v) is 8.32. The second-order valence-corrected chi connectivity index (χ2v) is 6.15. The van der Waals surface area contributed by atoms with Crippen molar-refractivity contribution in [3.05, 3.63) is 53.4 Å². The Labute approximate surface area is 145 Å². The Hall–Kier alpha value is -2.83. The molecule has 1 atom stereocenters. The monoisotopic (exact) mass is 340 g/mol. The van der Waals surface area contributed by atoms with Crippen LogP contribution in [0.3, 0.4) is 0 Å². The Morgan fingerprint density at radius 3 is 2.76 bits per heavy atom. The predicted octanol–water partition coefficient (Wildman–Crippen LogP) is 2.17. The van der Waals surface area contributed by atoms with E-state index in [9.17, 15) is 9.59 Å². The van der Waals surface area contributed by atoms with Crippen molar-refractivity contribution in [1.82, 2.24) is 19.9 Å². The Kier molecular flexibility index (Phi) is 5.02. The van der Waals surface area contributed by atoms with Crippen molar-refractivity contribution in [2.75, 3.05) is 6.54 Å². The van der Waals surface area contributed by atoms with E-state index in [0.717, 1.165) is 18.5 Å². The molecule has 0 saturated carbocycles. The van der Waals surface area contributed by atoms with E-state index < -0.39 is 5.97 Å². The van der Waals surface area contributed by atoms with Crippen LogP contribution < -0.4 is 0 Å². The average Bonchev–Trinajstić information content (AvgIpc) is 3.09. The minimum atomic E-state index is -0.854. The van der Waals surface area contributed by atoms with Gasteiger partial charge in [0, 0.05) is 42.3 Å². The van der Waals surface area contributed by atoms with E-state index in [1.54, 1.807) is 35.5 Å². The maximum atomic E-state index is 12.8. The molecular formula is C18H20N4O3. The first-order valence-electron chi connectivity index (χ1n) is 8.32. The zero-order chi connectivity index (χ0) is 17.8. The van der Waals surface area contributed by atoms with Gasteiger partial charge in [-0.1, -0.05) is 0 Å². The molecule has 1 unspecified atom stereocenters. The van der Waals surface area contributed by atoms with Gasteiger partial charge in [-0.05, 0) is 38.0 Å². The predicted molar refractivity (Wildman–Crippen MR) is 90.0 cm³/mol. The zero-order valence-electron chi connectivity index (χ0n) is 14.1. The number of aryl methyl sites for hydroxylation is 2. The van der Waals surface area contributed by atoms with Crippen molar-refractivity contribution in [3.63, 3.8) is 0 Å². The minimum absolute atomic E-state index is 0.0280. The number of carbonyl (C=O) groups excluding carboxylic acids is 1. The van der Waals surface area contributed by atoms with Crippen LogP contribution in [0.5, 0.6) is 0 Å². The highest BCUT2D eigenvalue weighted by atomic mass is 16.4. The number of nitrogens with zero attached hydrogens (tertiary/aromatic N) is 4. The third-order valence-corrected chi connectivity index (χ3v) is 4.26. The average molecular weight is 340 g/mol. The lowest BCUT2D eigenvalue weighted by molar-refractivity contribution is -0.136. The summed E-state index contributed by atoms with van der Waals surface area (Å²) in [6.45, 7) is 2.52. The highest BCUT2D eigenvalue weighted by Gasteiger charge is 2.32.